The van der Waals surface area contributed by atoms with Gasteiger partial charge in [-0.3, -0.25) is 4.79 Å². The van der Waals surface area contributed by atoms with E-state index in [0.29, 0.717) is 30.7 Å². The van der Waals surface area contributed by atoms with Crippen molar-refractivity contribution in [2.24, 2.45) is 5.73 Å². The lowest BCUT2D eigenvalue weighted by Gasteiger charge is -2.18. The van der Waals surface area contributed by atoms with Crippen LogP contribution in [-0.4, -0.2) is 11.9 Å². The molecule has 0 fully saturated rings. The number of benzene rings is 3. The fourth-order valence-corrected chi connectivity index (χ4v) is 4.04. The third-order valence-corrected chi connectivity index (χ3v) is 5.54. The first-order valence-electron chi connectivity index (χ1n) is 10.00. The number of carbonyl (C=O) groups excluding carboxylic acids is 1. The number of fused-ring (bicyclic) bond motifs is 1. The minimum absolute atomic E-state index is 0.0271. The van der Waals surface area contributed by atoms with Gasteiger partial charge in [0, 0.05) is 22.9 Å². The smallest absolute Gasteiger partial charge is 0.327 e. The zero-order chi connectivity index (χ0) is 24.0. The molecular weight excluding hydrogens is 446 g/mol. The van der Waals surface area contributed by atoms with Crippen LogP contribution >= 0.6 is 0 Å². The average molecular weight is 464 g/mol. The van der Waals surface area contributed by atoms with Crippen molar-refractivity contribution in [2.75, 3.05) is 5.32 Å². The fraction of sp³-hybridized carbons (Fsp3) is 0.208. The summed E-state index contributed by atoms with van der Waals surface area (Å²) >= 11 is 0. The Morgan fingerprint density at radius 1 is 0.848 bits per heavy atom. The molecule has 0 aliphatic heterocycles. The molecule has 3 aromatic rings. The molecule has 3 N–H and O–H groups in total. The molecule has 0 saturated heterocycles. The highest BCUT2D eigenvalue weighted by Crippen LogP contribution is 2.40. The maximum absolute atomic E-state index is 13.7. The summed E-state index contributed by atoms with van der Waals surface area (Å²) in [4.78, 5) is 13.0. The molecular formula is C24H18F6N2O. The average Bonchev–Trinajstić information content (AvgIpc) is 3.11. The van der Waals surface area contributed by atoms with Crippen LogP contribution in [0.2, 0.25) is 0 Å². The van der Waals surface area contributed by atoms with Gasteiger partial charge in [-0.1, -0.05) is 24.3 Å². The van der Waals surface area contributed by atoms with Gasteiger partial charge in [-0.2, -0.15) is 26.3 Å². The highest BCUT2D eigenvalue weighted by molar-refractivity contribution is 6.09. The monoisotopic (exact) mass is 464 g/mol. The van der Waals surface area contributed by atoms with E-state index in [9.17, 15) is 31.1 Å². The van der Waals surface area contributed by atoms with E-state index in [0.717, 1.165) is 35.4 Å². The molecule has 172 valence electrons. The maximum atomic E-state index is 13.7. The second kappa shape index (κ2) is 8.22. The van der Waals surface area contributed by atoms with Crippen molar-refractivity contribution in [2.45, 2.75) is 31.2 Å². The number of hydrogen-bond donors (Lipinski definition) is 2. The van der Waals surface area contributed by atoms with Crippen LogP contribution in [0, 0.1) is 0 Å². The van der Waals surface area contributed by atoms with Crippen LogP contribution in [0.5, 0.6) is 0 Å². The summed E-state index contributed by atoms with van der Waals surface area (Å²) in [6, 6.07) is 11.5. The van der Waals surface area contributed by atoms with Gasteiger partial charge in [0.15, 0.2) is 0 Å². The Bertz CT molecular complexity index is 1200. The second-order valence-electron chi connectivity index (χ2n) is 7.91. The van der Waals surface area contributed by atoms with E-state index in [1.165, 1.54) is 6.07 Å². The molecule has 1 aliphatic carbocycles. The zero-order valence-electron chi connectivity index (χ0n) is 17.0. The van der Waals surface area contributed by atoms with Crippen LogP contribution in [0.25, 0.3) is 11.1 Å². The summed E-state index contributed by atoms with van der Waals surface area (Å²) in [6.07, 6.45) is -8.13. The van der Waals surface area contributed by atoms with Crippen molar-refractivity contribution in [1.29, 1.82) is 0 Å². The van der Waals surface area contributed by atoms with Crippen LogP contribution in [0.15, 0.2) is 60.7 Å². The van der Waals surface area contributed by atoms with Gasteiger partial charge < -0.3 is 11.1 Å². The molecule has 1 atom stereocenters. The number of halogens is 6. The predicted octanol–water partition coefficient (Wildman–Crippen LogP) is 6.07. The third kappa shape index (κ3) is 4.73. The number of carbonyl (C=O) groups is 1. The van der Waals surface area contributed by atoms with Crippen LogP contribution in [0.3, 0.4) is 0 Å². The van der Waals surface area contributed by atoms with Gasteiger partial charge in [-0.15, -0.1) is 0 Å². The van der Waals surface area contributed by atoms with Gasteiger partial charge in [0.05, 0.1) is 11.1 Å². The molecule has 0 radical (unpaired) electrons. The van der Waals surface area contributed by atoms with E-state index in [1.807, 2.05) is 0 Å². The summed E-state index contributed by atoms with van der Waals surface area (Å²) < 4.78 is 79.9. The Balaban J connectivity index is 1.74. The standard InChI is InChI=1S/C24H18F6N2O/c25-23(26,27)16-7-4-13(5-8-16)21-19(2-1-3-20(21)24(28,29)30)22(33)32-18-9-6-14-10-17(31)11-15(14)12-18/h1-9,12,17H,10-11,31H2,(H,32,33)/t17-/m1/s1. The molecule has 0 heterocycles. The number of hydrogen-bond acceptors (Lipinski definition) is 2. The number of anilines is 1. The van der Waals surface area contributed by atoms with Crippen LogP contribution < -0.4 is 11.1 Å². The van der Waals surface area contributed by atoms with E-state index in [1.54, 1.807) is 18.2 Å². The maximum Gasteiger partial charge on any atom is 0.417 e. The third-order valence-electron chi connectivity index (χ3n) is 5.54. The minimum atomic E-state index is -4.82. The lowest BCUT2D eigenvalue weighted by atomic mass is 9.92. The van der Waals surface area contributed by atoms with Gasteiger partial charge >= 0.3 is 12.4 Å². The van der Waals surface area contributed by atoms with Crippen LogP contribution in [0.4, 0.5) is 32.0 Å². The molecule has 0 saturated carbocycles. The van der Waals surface area contributed by atoms with E-state index < -0.39 is 35.0 Å². The lowest BCUT2D eigenvalue weighted by molar-refractivity contribution is -0.138. The Morgan fingerprint density at radius 2 is 1.52 bits per heavy atom. The number of alkyl halides is 6. The van der Waals surface area contributed by atoms with Crippen molar-refractivity contribution < 1.29 is 31.1 Å². The first-order chi connectivity index (χ1) is 15.4. The molecule has 3 aromatic carbocycles. The number of rotatable bonds is 3. The van der Waals surface area contributed by atoms with Gasteiger partial charge in [-0.05, 0) is 65.9 Å². The summed E-state index contributed by atoms with van der Waals surface area (Å²) in [6.45, 7) is 0. The van der Waals surface area contributed by atoms with Gasteiger partial charge in [0.2, 0.25) is 0 Å². The SMILES string of the molecule is N[C@@H]1Cc2ccc(NC(=O)c3cccc(C(F)(F)F)c3-c3ccc(C(F)(F)F)cc3)cc2C1. The van der Waals surface area contributed by atoms with E-state index in [-0.39, 0.29) is 17.2 Å². The topological polar surface area (TPSA) is 55.1 Å². The van der Waals surface area contributed by atoms with E-state index in [4.69, 9.17) is 5.73 Å². The first kappa shape index (κ1) is 22.8. The van der Waals surface area contributed by atoms with Crippen molar-refractivity contribution in [3.63, 3.8) is 0 Å². The van der Waals surface area contributed by atoms with E-state index >= 15 is 0 Å². The summed E-state index contributed by atoms with van der Waals surface area (Å²) in [5, 5.41) is 2.60. The van der Waals surface area contributed by atoms with E-state index in [2.05, 4.69) is 5.32 Å². The molecule has 0 bridgehead atoms. The highest BCUT2D eigenvalue weighted by Gasteiger charge is 2.36. The normalized spacial score (nSPS) is 15.9. The number of nitrogens with one attached hydrogen (secondary N) is 1. The molecule has 33 heavy (non-hydrogen) atoms. The number of amides is 1. The second-order valence-corrected chi connectivity index (χ2v) is 7.91. The van der Waals surface area contributed by atoms with Crippen LogP contribution in [0.1, 0.15) is 32.6 Å². The Kier molecular flexibility index (Phi) is 5.69. The molecule has 0 spiro atoms. The molecule has 4 rings (SSSR count). The molecule has 3 nitrogen and oxygen atoms in total. The van der Waals surface area contributed by atoms with Gasteiger partial charge in [0.25, 0.3) is 5.91 Å². The van der Waals surface area contributed by atoms with Crippen molar-refractivity contribution in [3.8, 4) is 11.1 Å². The van der Waals surface area contributed by atoms with Crippen molar-refractivity contribution in [3.05, 3.63) is 88.5 Å². The Labute approximate surface area is 185 Å². The molecule has 1 amide bonds. The quantitative estimate of drug-likeness (QED) is 0.463. The van der Waals surface area contributed by atoms with Crippen molar-refractivity contribution in [1.82, 2.24) is 0 Å². The fourth-order valence-electron chi connectivity index (χ4n) is 4.04. The Hall–Kier alpha value is -3.33. The van der Waals surface area contributed by atoms with Crippen molar-refractivity contribution >= 4 is 11.6 Å². The Morgan fingerprint density at radius 3 is 2.15 bits per heavy atom. The molecule has 1 aliphatic rings. The molecule has 0 aromatic heterocycles. The molecule has 0 unspecified atom stereocenters. The zero-order valence-corrected chi connectivity index (χ0v) is 17.0. The predicted molar refractivity (Wildman–Crippen MR) is 112 cm³/mol. The summed E-state index contributed by atoms with van der Waals surface area (Å²) in [5.41, 5.74) is 5.27. The molecule has 9 heteroatoms. The van der Waals surface area contributed by atoms with Crippen LogP contribution in [-0.2, 0) is 25.2 Å². The summed E-state index contributed by atoms with van der Waals surface area (Å²) in [5.74, 6) is -0.807. The largest absolute Gasteiger partial charge is 0.417 e. The highest BCUT2D eigenvalue weighted by atomic mass is 19.4. The summed E-state index contributed by atoms with van der Waals surface area (Å²) in [7, 11) is 0. The minimum Gasteiger partial charge on any atom is -0.327 e. The van der Waals surface area contributed by atoms with Gasteiger partial charge in [0.1, 0.15) is 0 Å². The number of nitrogens with two attached hydrogens (primary N) is 1. The lowest BCUT2D eigenvalue weighted by Crippen LogP contribution is -2.19. The van der Waals surface area contributed by atoms with Gasteiger partial charge in [-0.25, -0.2) is 0 Å². The first-order valence-corrected chi connectivity index (χ1v) is 10.00.